The predicted octanol–water partition coefficient (Wildman–Crippen LogP) is 3.75. The van der Waals surface area contributed by atoms with Crippen molar-refractivity contribution in [2.24, 2.45) is 0 Å². The quantitative estimate of drug-likeness (QED) is 0.898. The average Bonchev–Trinajstić information content (AvgIpc) is 2.93. The molecule has 1 saturated carbocycles. The number of piperazine rings is 1. The molecule has 2 aliphatic rings. The monoisotopic (exact) mass is 272 g/mol. The van der Waals surface area contributed by atoms with Crippen molar-refractivity contribution in [2.75, 3.05) is 24.5 Å². The van der Waals surface area contributed by atoms with E-state index in [4.69, 9.17) is 0 Å². The highest BCUT2D eigenvalue weighted by molar-refractivity contribution is 5.49. The van der Waals surface area contributed by atoms with E-state index in [0.717, 1.165) is 13.1 Å². The first kappa shape index (κ1) is 13.9. The maximum absolute atomic E-state index is 3.79. The fraction of sp³-hybridized carbons (Fsp3) is 0.667. The fourth-order valence-corrected chi connectivity index (χ4v) is 3.82. The Morgan fingerprint density at radius 3 is 2.60 bits per heavy atom. The van der Waals surface area contributed by atoms with Crippen LogP contribution >= 0.6 is 0 Å². The molecule has 0 radical (unpaired) electrons. The van der Waals surface area contributed by atoms with Gasteiger partial charge in [0.15, 0.2) is 0 Å². The normalized spacial score (nSPS) is 21.6. The minimum absolute atomic E-state index is 0.416. The van der Waals surface area contributed by atoms with Gasteiger partial charge in [0.05, 0.1) is 0 Å². The van der Waals surface area contributed by atoms with Crippen LogP contribution in [0.15, 0.2) is 24.3 Å². The first-order valence-corrected chi connectivity index (χ1v) is 8.40. The van der Waals surface area contributed by atoms with Crippen molar-refractivity contribution in [1.82, 2.24) is 5.32 Å². The fourth-order valence-electron chi connectivity index (χ4n) is 3.82. The van der Waals surface area contributed by atoms with E-state index in [1.807, 2.05) is 0 Å². The zero-order valence-electron chi connectivity index (χ0n) is 12.8. The molecule has 0 bridgehead atoms. The first-order valence-electron chi connectivity index (χ1n) is 8.40. The number of rotatable bonds is 4. The van der Waals surface area contributed by atoms with Gasteiger partial charge in [-0.05, 0) is 43.4 Å². The van der Waals surface area contributed by atoms with Crippen LogP contribution in [0.1, 0.15) is 51.0 Å². The van der Waals surface area contributed by atoms with Gasteiger partial charge in [0.25, 0.3) is 0 Å². The molecule has 3 rings (SSSR count). The van der Waals surface area contributed by atoms with Crippen molar-refractivity contribution in [2.45, 2.75) is 57.4 Å². The van der Waals surface area contributed by atoms with Crippen molar-refractivity contribution in [3.63, 3.8) is 0 Å². The molecule has 0 amide bonds. The van der Waals surface area contributed by atoms with Crippen LogP contribution in [0, 0.1) is 0 Å². The molecular formula is C18H28N2. The smallest absolute Gasteiger partial charge is 0.0367 e. The van der Waals surface area contributed by atoms with Gasteiger partial charge >= 0.3 is 0 Å². The number of benzene rings is 1. The molecule has 1 saturated heterocycles. The number of hydrogen-bond donors (Lipinski definition) is 1. The molecule has 1 aromatic carbocycles. The van der Waals surface area contributed by atoms with Gasteiger partial charge in [-0.2, -0.15) is 0 Å². The number of nitrogens with one attached hydrogen (secondary N) is 1. The van der Waals surface area contributed by atoms with Crippen molar-refractivity contribution in [1.29, 1.82) is 0 Å². The number of hydrogen-bond acceptors (Lipinski definition) is 2. The topological polar surface area (TPSA) is 15.3 Å². The van der Waals surface area contributed by atoms with Crippen LogP contribution in [0.25, 0.3) is 0 Å². The molecule has 1 aliphatic carbocycles. The average molecular weight is 272 g/mol. The van der Waals surface area contributed by atoms with Crippen LogP contribution in [0.5, 0.6) is 0 Å². The third-order valence-electron chi connectivity index (χ3n) is 5.06. The van der Waals surface area contributed by atoms with Gasteiger partial charge in [-0.1, -0.05) is 38.3 Å². The van der Waals surface area contributed by atoms with E-state index < -0.39 is 0 Å². The SMILES string of the molecule is CCCCc1ccc(N2CCNC3(CCCC3)C2)cc1. The van der Waals surface area contributed by atoms with E-state index in [1.165, 1.54) is 62.7 Å². The molecule has 1 aromatic rings. The molecule has 0 aromatic heterocycles. The molecular weight excluding hydrogens is 244 g/mol. The molecule has 0 atom stereocenters. The molecule has 2 fully saturated rings. The summed E-state index contributed by atoms with van der Waals surface area (Å²) in [6.45, 7) is 5.74. The van der Waals surface area contributed by atoms with Crippen molar-refractivity contribution in [3.8, 4) is 0 Å². The minimum Gasteiger partial charge on any atom is -0.368 e. The lowest BCUT2D eigenvalue weighted by Crippen LogP contribution is -2.59. The standard InChI is InChI=1S/C18H28N2/c1-2-3-6-16-7-9-17(10-8-16)20-14-13-19-18(15-20)11-4-5-12-18/h7-10,19H,2-6,11-15H2,1H3. The predicted molar refractivity (Wildman–Crippen MR) is 86.5 cm³/mol. The third kappa shape index (κ3) is 3.01. The third-order valence-corrected chi connectivity index (χ3v) is 5.06. The highest BCUT2D eigenvalue weighted by Crippen LogP contribution is 2.33. The second-order valence-electron chi connectivity index (χ2n) is 6.61. The molecule has 1 N–H and O–H groups in total. The summed E-state index contributed by atoms with van der Waals surface area (Å²) in [5, 5.41) is 3.79. The summed E-state index contributed by atoms with van der Waals surface area (Å²) in [6.07, 6.45) is 9.32. The summed E-state index contributed by atoms with van der Waals surface area (Å²) in [5.74, 6) is 0. The van der Waals surface area contributed by atoms with Gasteiger partial charge in [-0.3, -0.25) is 0 Å². The van der Waals surface area contributed by atoms with Gasteiger partial charge in [-0.25, -0.2) is 0 Å². The van der Waals surface area contributed by atoms with E-state index in [-0.39, 0.29) is 0 Å². The maximum atomic E-state index is 3.79. The highest BCUT2D eigenvalue weighted by Gasteiger charge is 2.37. The summed E-state index contributed by atoms with van der Waals surface area (Å²) in [7, 11) is 0. The Morgan fingerprint density at radius 1 is 1.15 bits per heavy atom. The molecule has 1 heterocycles. The Morgan fingerprint density at radius 2 is 1.90 bits per heavy atom. The summed E-state index contributed by atoms with van der Waals surface area (Å²) in [6, 6.07) is 9.32. The number of aryl methyl sites for hydroxylation is 1. The summed E-state index contributed by atoms with van der Waals surface area (Å²) in [5.41, 5.74) is 3.32. The minimum atomic E-state index is 0.416. The van der Waals surface area contributed by atoms with Gasteiger partial charge in [-0.15, -0.1) is 0 Å². The molecule has 2 nitrogen and oxygen atoms in total. The van der Waals surface area contributed by atoms with Crippen molar-refractivity contribution < 1.29 is 0 Å². The second-order valence-corrected chi connectivity index (χ2v) is 6.61. The molecule has 20 heavy (non-hydrogen) atoms. The van der Waals surface area contributed by atoms with Crippen LogP contribution in [0.3, 0.4) is 0 Å². The lowest BCUT2D eigenvalue weighted by atomic mass is 9.94. The zero-order valence-corrected chi connectivity index (χ0v) is 12.8. The summed E-state index contributed by atoms with van der Waals surface area (Å²) in [4.78, 5) is 2.59. The number of unbranched alkanes of at least 4 members (excludes halogenated alkanes) is 1. The van der Waals surface area contributed by atoms with E-state index >= 15 is 0 Å². The first-order chi connectivity index (χ1) is 9.81. The number of anilines is 1. The van der Waals surface area contributed by atoms with Crippen molar-refractivity contribution >= 4 is 5.69 Å². The largest absolute Gasteiger partial charge is 0.368 e. The van der Waals surface area contributed by atoms with Crippen LogP contribution in [0.4, 0.5) is 5.69 Å². The number of nitrogens with zero attached hydrogens (tertiary/aromatic N) is 1. The van der Waals surface area contributed by atoms with E-state index in [2.05, 4.69) is 41.4 Å². The van der Waals surface area contributed by atoms with Crippen LogP contribution < -0.4 is 10.2 Å². The Hall–Kier alpha value is -1.02. The molecule has 110 valence electrons. The van der Waals surface area contributed by atoms with E-state index in [0.29, 0.717) is 5.54 Å². The Labute approximate surface area is 123 Å². The van der Waals surface area contributed by atoms with E-state index in [9.17, 15) is 0 Å². The van der Waals surface area contributed by atoms with Crippen LogP contribution in [0.2, 0.25) is 0 Å². The van der Waals surface area contributed by atoms with Crippen molar-refractivity contribution in [3.05, 3.63) is 29.8 Å². The van der Waals surface area contributed by atoms with Crippen LogP contribution in [-0.4, -0.2) is 25.2 Å². The van der Waals surface area contributed by atoms with Crippen LogP contribution in [-0.2, 0) is 6.42 Å². The lowest BCUT2D eigenvalue weighted by Gasteiger charge is -2.42. The molecule has 0 unspecified atom stereocenters. The Bertz CT molecular complexity index is 418. The van der Waals surface area contributed by atoms with Gasteiger partial charge < -0.3 is 10.2 Å². The van der Waals surface area contributed by atoms with Gasteiger partial charge in [0, 0.05) is 30.9 Å². The second kappa shape index (κ2) is 6.17. The van der Waals surface area contributed by atoms with Gasteiger partial charge in [0.1, 0.15) is 0 Å². The maximum Gasteiger partial charge on any atom is 0.0367 e. The Kier molecular flexibility index (Phi) is 4.30. The summed E-state index contributed by atoms with van der Waals surface area (Å²) >= 11 is 0. The Balaban J connectivity index is 1.66. The lowest BCUT2D eigenvalue weighted by molar-refractivity contribution is 0.304. The van der Waals surface area contributed by atoms with Gasteiger partial charge in [0.2, 0.25) is 0 Å². The zero-order chi connectivity index (χ0) is 13.8. The molecule has 1 spiro atoms. The summed E-state index contributed by atoms with van der Waals surface area (Å²) < 4.78 is 0. The van der Waals surface area contributed by atoms with E-state index in [1.54, 1.807) is 0 Å². The molecule has 2 heteroatoms. The molecule has 1 aliphatic heterocycles. The highest BCUT2D eigenvalue weighted by atomic mass is 15.2.